The van der Waals surface area contributed by atoms with Crippen molar-refractivity contribution in [1.82, 2.24) is 10.2 Å². The Labute approximate surface area is 102 Å². The van der Waals surface area contributed by atoms with E-state index in [1.54, 1.807) is 0 Å². The molecule has 0 aromatic heterocycles. The Bertz CT molecular complexity index is 182. The van der Waals surface area contributed by atoms with E-state index in [-0.39, 0.29) is 0 Å². The lowest BCUT2D eigenvalue weighted by Crippen LogP contribution is -2.44. The van der Waals surface area contributed by atoms with Gasteiger partial charge < -0.3 is 10.2 Å². The zero-order valence-electron chi connectivity index (χ0n) is 11.6. The van der Waals surface area contributed by atoms with Crippen LogP contribution in [0.2, 0.25) is 0 Å². The second-order valence-corrected chi connectivity index (χ2v) is 5.37. The molecule has 1 saturated heterocycles. The van der Waals surface area contributed by atoms with E-state index in [0.29, 0.717) is 6.04 Å². The van der Waals surface area contributed by atoms with Gasteiger partial charge in [0, 0.05) is 19.1 Å². The molecule has 0 aromatic carbocycles. The van der Waals surface area contributed by atoms with Crippen molar-refractivity contribution in [3.05, 3.63) is 0 Å². The molecule has 0 saturated carbocycles. The molecule has 96 valence electrons. The van der Waals surface area contributed by atoms with Crippen molar-refractivity contribution in [3.8, 4) is 0 Å². The summed E-state index contributed by atoms with van der Waals surface area (Å²) in [4.78, 5) is 2.66. The number of hydrogen-bond donors (Lipinski definition) is 1. The molecule has 2 nitrogen and oxygen atoms in total. The molecule has 1 aliphatic rings. The minimum Gasteiger partial charge on any atom is -0.313 e. The van der Waals surface area contributed by atoms with E-state index in [1.807, 2.05) is 0 Å². The van der Waals surface area contributed by atoms with Gasteiger partial charge in [-0.05, 0) is 31.3 Å². The Hall–Kier alpha value is -0.0800. The summed E-state index contributed by atoms with van der Waals surface area (Å²) in [7, 11) is 0. The molecule has 16 heavy (non-hydrogen) atoms. The third-order valence-corrected chi connectivity index (χ3v) is 4.20. The van der Waals surface area contributed by atoms with E-state index in [9.17, 15) is 0 Å². The van der Waals surface area contributed by atoms with Crippen LogP contribution in [0.4, 0.5) is 0 Å². The van der Waals surface area contributed by atoms with E-state index in [4.69, 9.17) is 0 Å². The molecule has 2 heteroatoms. The average Bonchev–Trinajstić information content (AvgIpc) is 2.75. The van der Waals surface area contributed by atoms with E-state index >= 15 is 0 Å². The van der Waals surface area contributed by atoms with Gasteiger partial charge in [-0.2, -0.15) is 0 Å². The molecule has 1 N–H and O–H groups in total. The Kier molecular flexibility index (Phi) is 6.37. The van der Waals surface area contributed by atoms with E-state index < -0.39 is 0 Å². The highest BCUT2D eigenvalue weighted by atomic mass is 15.2. The monoisotopic (exact) mass is 226 g/mol. The smallest absolute Gasteiger partial charge is 0.0220 e. The normalized spacial score (nSPS) is 25.9. The molecule has 0 aliphatic carbocycles. The molecular weight excluding hydrogens is 196 g/mol. The van der Waals surface area contributed by atoms with Gasteiger partial charge in [0.15, 0.2) is 0 Å². The van der Waals surface area contributed by atoms with Crippen molar-refractivity contribution in [3.63, 3.8) is 0 Å². The molecular formula is C14H30N2. The van der Waals surface area contributed by atoms with E-state index in [1.165, 1.54) is 38.9 Å². The summed E-state index contributed by atoms with van der Waals surface area (Å²) >= 11 is 0. The van der Waals surface area contributed by atoms with Gasteiger partial charge in [0.1, 0.15) is 0 Å². The summed E-state index contributed by atoms with van der Waals surface area (Å²) in [5.41, 5.74) is 0. The molecule has 0 bridgehead atoms. The molecule has 0 amide bonds. The summed E-state index contributed by atoms with van der Waals surface area (Å²) in [5.74, 6) is 1.75. The van der Waals surface area contributed by atoms with Crippen molar-refractivity contribution < 1.29 is 0 Å². The molecule has 3 atom stereocenters. The molecule has 0 aromatic rings. The van der Waals surface area contributed by atoms with Crippen LogP contribution >= 0.6 is 0 Å². The van der Waals surface area contributed by atoms with Crippen LogP contribution < -0.4 is 5.32 Å². The van der Waals surface area contributed by atoms with Gasteiger partial charge in [0.05, 0.1) is 0 Å². The predicted molar refractivity (Wildman–Crippen MR) is 71.8 cm³/mol. The first kappa shape index (κ1) is 14.0. The molecule has 1 aliphatic heterocycles. The Morgan fingerprint density at radius 2 is 2.06 bits per heavy atom. The lowest BCUT2D eigenvalue weighted by Gasteiger charge is -2.28. The maximum atomic E-state index is 3.65. The fourth-order valence-corrected chi connectivity index (χ4v) is 2.68. The predicted octanol–water partition coefficient (Wildman–Crippen LogP) is 2.74. The summed E-state index contributed by atoms with van der Waals surface area (Å²) in [6, 6.07) is 0.686. The van der Waals surface area contributed by atoms with Gasteiger partial charge in [0.25, 0.3) is 0 Å². The van der Waals surface area contributed by atoms with E-state index in [2.05, 4.69) is 37.9 Å². The van der Waals surface area contributed by atoms with Crippen LogP contribution in [0.3, 0.4) is 0 Å². The quantitative estimate of drug-likeness (QED) is 0.718. The summed E-state index contributed by atoms with van der Waals surface area (Å²) in [6.45, 7) is 14.2. The molecule has 0 spiro atoms. The van der Waals surface area contributed by atoms with Gasteiger partial charge in [-0.3, -0.25) is 0 Å². The van der Waals surface area contributed by atoms with Crippen molar-refractivity contribution in [2.75, 3.05) is 26.2 Å². The molecule has 1 heterocycles. The third kappa shape index (κ3) is 4.06. The summed E-state index contributed by atoms with van der Waals surface area (Å²) in [6.07, 6.45) is 4.05. The second-order valence-electron chi connectivity index (χ2n) is 5.37. The molecule has 1 rings (SSSR count). The Morgan fingerprint density at radius 1 is 1.31 bits per heavy atom. The number of nitrogens with one attached hydrogen (secondary N) is 1. The zero-order chi connectivity index (χ0) is 12.0. The maximum absolute atomic E-state index is 3.65. The van der Waals surface area contributed by atoms with Gasteiger partial charge in [0.2, 0.25) is 0 Å². The Morgan fingerprint density at radius 3 is 2.56 bits per heavy atom. The second kappa shape index (κ2) is 7.29. The standard InChI is InChI=1S/C14H30N2/c1-5-12(4)14(15-7-3)11-16-9-8-13(6-2)10-16/h12-15H,5-11H2,1-4H3. The van der Waals surface area contributed by atoms with Gasteiger partial charge in [-0.25, -0.2) is 0 Å². The number of nitrogens with zero attached hydrogens (tertiary/aromatic N) is 1. The van der Waals surface area contributed by atoms with Gasteiger partial charge in [-0.1, -0.05) is 40.5 Å². The number of likely N-dealkylation sites (N-methyl/N-ethyl adjacent to an activating group) is 1. The highest BCUT2D eigenvalue weighted by molar-refractivity contribution is 4.81. The Balaban J connectivity index is 2.36. The minimum absolute atomic E-state index is 0.686. The van der Waals surface area contributed by atoms with Crippen molar-refractivity contribution >= 4 is 0 Å². The third-order valence-electron chi connectivity index (χ3n) is 4.20. The van der Waals surface area contributed by atoms with Crippen LogP contribution in [0.25, 0.3) is 0 Å². The highest BCUT2D eigenvalue weighted by Gasteiger charge is 2.24. The summed E-state index contributed by atoms with van der Waals surface area (Å²) in [5, 5.41) is 3.65. The van der Waals surface area contributed by atoms with Crippen molar-refractivity contribution in [1.29, 1.82) is 0 Å². The lowest BCUT2D eigenvalue weighted by atomic mass is 9.98. The molecule has 0 radical (unpaired) electrons. The average molecular weight is 226 g/mol. The fourth-order valence-electron chi connectivity index (χ4n) is 2.68. The number of rotatable bonds is 7. The largest absolute Gasteiger partial charge is 0.313 e. The maximum Gasteiger partial charge on any atom is 0.0220 e. The van der Waals surface area contributed by atoms with Crippen molar-refractivity contribution in [2.45, 2.75) is 53.0 Å². The van der Waals surface area contributed by atoms with Crippen LogP contribution in [0, 0.1) is 11.8 Å². The SMILES string of the molecule is CCNC(CN1CCC(CC)C1)C(C)CC. The van der Waals surface area contributed by atoms with E-state index in [0.717, 1.165) is 18.4 Å². The number of hydrogen-bond acceptors (Lipinski definition) is 2. The minimum atomic E-state index is 0.686. The zero-order valence-corrected chi connectivity index (χ0v) is 11.6. The molecule has 1 fully saturated rings. The van der Waals surface area contributed by atoms with Crippen LogP contribution in [-0.2, 0) is 0 Å². The van der Waals surface area contributed by atoms with Crippen LogP contribution in [0.5, 0.6) is 0 Å². The van der Waals surface area contributed by atoms with Crippen LogP contribution in [0.1, 0.15) is 47.0 Å². The van der Waals surface area contributed by atoms with Crippen molar-refractivity contribution in [2.24, 2.45) is 11.8 Å². The van der Waals surface area contributed by atoms with Crippen LogP contribution in [-0.4, -0.2) is 37.1 Å². The fraction of sp³-hybridized carbons (Fsp3) is 1.00. The first-order valence-corrected chi connectivity index (χ1v) is 7.16. The van der Waals surface area contributed by atoms with Crippen LogP contribution in [0.15, 0.2) is 0 Å². The topological polar surface area (TPSA) is 15.3 Å². The summed E-state index contributed by atoms with van der Waals surface area (Å²) < 4.78 is 0. The number of likely N-dealkylation sites (tertiary alicyclic amines) is 1. The molecule has 3 unspecified atom stereocenters. The van der Waals surface area contributed by atoms with Gasteiger partial charge >= 0.3 is 0 Å². The first-order valence-electron chi connectivity index (χ1n) is 7.16. The first-order chi connectivity index (χ1) is 7.71. The lowest BCUT2D eigenvalue weighted by molar-refractivity contribution is 0.240. The highest BCUT2D eigenvalue weighted by Crippen LogP contribution is 2.20. The van der Waals surface area contributed by atoms with Gasteiger partial charge in [-0.15, -0.1) is 0 Å².